The summed E-state index contributed by atoms with van der Waals surface area (Å²) in [6, 6.07) is 22.3. The molecule has 3 aromatic carbocycles. The number of carbonyl (C=O) groups excluding carboxylic acids is 2. The molecule has 0 radical (unpaired) electrons. The number of para-hydroxylation sites is 2. The number of carbonyl (C=O) groups is 2. The van der Waals surface area contributed by atoms with Crippen molar-refractivity contribution in [2.24, 2.45) is 0 Å². The third-order valence-electron chi connectivity index (χ3n) is 6.44. The van der Waals surface area contributed by atoms with Gasteiger partial charge in [-0.15, -0.1) is 0 Å². The van der Waals surface area contributed by atoms with Gasteiger partial charge in [0.15, 0.2) is 11.5 Å². The third-order valence-corrected chi connectivity index (χ3v) is 6.44. The highest BCUT2D eigenvalue weighted by atomic mass is 16.6. The molecule has 2 aliphatic heterocycles. The Balaban J connectivity index is 1.09. The van der Waals surface area contributed by atoms with Gasteiger partial charge in [0, 0.05) is 44.0 Å². The van der Waals surface area contributed by atoms with Crippen molar-refractivity contribution < 1.29 is 23.8 Å². The third kappa shape index (κ3) is 5.44. The van der Waals surface area contributed by atoms with Crippen LogP contribution in [0.2, 0.25) is 0 Å². The fourth-order valence-corrected chi connectivity index (χ4v) is 4.37. The Kier molecular flexibility index (Phi) is 7.04. The van der Waals surface area contributed by atoms with Gasteiger partial charge in [0.25, 0.3) is 11.8 Å². The van der Waals surface area contributed by atoms with E-state index in [0.29, 0.717) is 35.8 Å². The first-order valence-corrected chi connectivity index (χ1v) is 12.0. The minimum atomic E-state index is -0.608. The van der Waals surface area contributed by atoms with Crippen molar-refractivity contribution in [3.8, 4) is 17.2 Å². The molecule has 186 valence electrons. The molecule has 3 aromatic rings. The van der Waals surface area contributed by atoms with Crippen LogP contribution in [0.1, 0.15) is 15.9 Å². The van der Waals surface area contributed by atoms with E-state index in [1.165, 1.54) is 0 Å². The van der Waals surface area contributed by atoms with Gasteiger partial charge in [-0.3, -0.25) is 14.5 Å². The second kappa shape index (κ2) is 10.7. The number of ether oxygens (including phenoxy) is 3. The molecular weight excluding hydrogens is 458 g/mol. The van der Waals surface area contributed by atoms with Crippen molar-refractivity contribution in [1.82, 2.24) is 9.80 Å². The first kappa shape index (κ1) is 23.7. The van der Waals surface area contributed by atoms with Crippen LogP contribution in [-0.4, -0.2) is 67.6 Å². The number of hydrogen-bond donors (Lipinski definition) is 1. The lowest BCUT2D eigenvalue weighted by Gasteiger charge is -2.37. The van der Waals surface area contributed by atoms with Crippen molar-refractivity contribution in [2.45, 2.75) is 12.6 Å². The fourth-order valence-electron chi connectivity index (χ4n) is 4.37. The number of amides is 2. The van der Waals surface area contributed by atoms with E-state index in [2.05, 4.69) is 10.2 Å². The number of hydrogen-bond acceptors (Lipinski definition) is 6. The summed E-state index contributed by atoms with van der Waals surface area (Å²) < 4.78 is 16.7. The lowest BCUT2D eigenvalue weighted by Crippen LogP contribution is -2.53. The summed E-state index contributed by atoms with van der Waals surface area (Å²) in [5, 5.41) is 2.90. The normalized spacial score (nSPS) is 17.4. The Hall–Kier alpha value is -4.04. The van der Waals surface area contributed by atoms with Gasteiger partial charge >= 0.3 is 0 Å². The molecule has 1 N–H and O–H groups in total. The summed E-state index contributed by atoms with van der Waals surface area (Å²) in [7, 11) is 1.61. The Bertz CT molecular complexity index is 1200. The van der Waals surface area contributed by atoms with Crippen LogP contribution >= 0.6 is 0 Å². The molecule has 0 spiro atoms. The van der Waals surface area contributed by atoms with E-state index >= 15 is 0 Å². The molecule has 8 nitrogen and oxygen atoms in total. The SMILES string of the molecule is COc1ccc(NC(=O)c2ccc(CN3CCN(C(=O)C4COc5ccccc5O4)CC3)cc2)cc1. The number of anilines is 1. The molecule has 2 heterocycles. The molecule has 1 unspecified atom stereocenters. The van der Waals surface area contributed by atoms with E-state index < -0.39 is 6.10 Å². The highest BCUT2D eigenvalue weighted by molar-refractivity contribution is 6.04. The molecule has 36 heavy (non-hydrogen) atoms. The minimum Gasteiger partial charge on any atom is -0.497 e. The summed E-state index contributed by atoms with van der Waals surface area (Å²) in [5.41, 5.74) is 2.43. The minimum absolute atomic E-state index is 0.0311. The van der Waals surface area contributed by atoms with Crippen molar-refractivity contribution in [2.75, 3.05) is 45.2 Å². The molecule has 0 bridgehead atoms. The van der Waals surface area contributed by atoms with E-state index in [4.69, 9.17) is 14.2 Å². The van der Waals surface area contributed by atoms with E-state index in [0.717, 1.165) is 30.9 Å². The smallest absolute Gasteiger partial charge is 0.267 e. The van der Waals surface area contributed by atoms with E-state index in [9.17, 15) is 9.59 Å². The Labute approximate surface area is 210 Å². The van der Waals surface area contributed by atoms with Gasteiger partial charge in [-0.05, 0) is 54.1 Å². The highest BCUT2D eigenvalue weighted by Crippen LogP contribution is 2.31. The largest absolute Gasteiger partial charge is 0.497 e. The molecule has 2 amide bonds. The number of methoxy groups -OCH3 is 1. The molecule has 5 rings (SSSR count). The number of rotatable bonds is 6. The monoisotopic (exact) mass is 487 g/mol. The van der Waals surface area contributed by atoms with Gasteiger partial charge in [-0.1, -0.05) is 24.3 Å². The van der Waals surface area contributed by atoms with Crippen LogP contribution in [0.5, 0.6) is 17.2 Å². The molecule has 0 aliphatic carbocycles. The number of piperazine rings is 1. The van der Waals surface area contributed by atoms with Gasteiger partial charge < -0.3 is 24.4 Å². The van der Waals surface area contributed by atoms with Crippen LogP contribution in [0.4, 0.5) is 5.69 Å². The summed E-state index contributed by atoms with van der Waals surface area (Å²) in [6.07, 6.45) is -0.608. The fraction of sp³-hybridized carbons (Fsp3) is 0.286. The van der Waals surface area contributed by atoms with Crippen LogP contribution in [0.25, 0.3) is 0 Å². The Morgan fingerprint density at radius 3 is 2.31 bits per heavy atom. The maximum absolute atomic E-state index is 13.0. The molecule has 1 atom stereocenters. The zero-order chi connectivity index (χ0) is 24.9. The predicted octanol–water partition coefficient (Wildman–Crippen LogP) is 3.43. The summed E-state index contributed by atoms with van der Waals surface area (Å²) in [4.78, 5) is 29.7. The second-order valence-corrected chi connectivity index (χ2v) is 8.85. The average molecular weight is 488 g/mol. The van der Waals surface area contributed by atoms with Crippen molar-refractivity contribution in [3.63, 3.8) is 0 Å². The summed E-state index contributed by atoms with van der Waals surface area (Å²) >= 11 is 0. The zero-order valence-electron chi connectivity index (χ0n) is 20.2. The van der Waals surface area contributed by atoms with E-state index in [1.807, 2.05) is 65.6 Å². The molecule has 1 fully saturated rings. The van der Waals surface area contributed by atoms with E-state index in [1.54, 1.807) is 19.2 Å². The lowest BCUT2D eigenvalue weighted by atomic mass is 10.1. The van der Waals surface area contributed by atoms with Gasteiger partial charge in [0.1, 0.15) is 12.4 Å². The van der Waals surface area contributed by atoms with Gasteiger partial charge in [0.2, 0.25) is 6.10 Å². The summed E-state index contributed by atoms with van der Waals surface area (Å²) in [6.45, 7) is 3.82. The predicted molar refractivity (Wildman–Crippen MR) is 136 cm³/mol. The molecule has 0 aromatic heterocycles. The van der Waals surface area contributed by atoms with E-state index in [-0.39, 0.29) is 18.4 Å². The van der Waals surface area contributed by atoms with Gasteiger partial charge in [-0.2, -0.15) is 0 Å². The van der Waals surface area contributed by atoms with Gasteiger partial charge in [-0.25, -0.2) is 0 Å². The Morgan fingerprint density at radius 1 is 0.917 bits per heavy atom. The molecule has 1 saturated heterocycles. The van der Waals surface area contributed by atoms with Crippen molar-refractivity contribution >= 4 is 17.5 Å². The number of nitrogens with zero attached hydrogens (tertiary/aromatic N) is 2. The first-order valence-electron chi connectivity index (χ1n) is 12.0. The number of fused-ring (bicyclic) bond motifs is 1. The summed E-state index contributed by atoms with van der Waals surface area (Å²) in [5.74, 6) is 1.84. The van der Waals surface area contributed by atoms with Crippen LogP contribution in [0.3, 0.4) is 0 Å². The van der Waals surface area contributed by atoms with Crippen LogP contribution in [0.15, 0.2) is 72.8 Å². The van der Waals surface area contributed by atoms with Crippen LogP contribution < -0.4 is 19.5 Å². The number of benzene rings is 3. The zero-order valence-corrected chi connectivity index (χ0v) is 20.2. The maximum Gasteiger partial charge on any atom is 0.267 e. The second-order valence-electron chi connectivity index (χ2n) is 8.85. The quantitative estimate of drug-likeness (QED) is 0.574. The maximum atomic E-state index is 13.0. The first-order chi connectivity index (χ1) is 17.6. The standard InChI is InChI=1S/C28H29N3O5/c1-34-23-12-10-22(11-13-23)29-27(32)21-8-6-20(7-9-21)18-30-14-16-31(17-15-30)28(33)26-19-35-24-4-2-3-5-25(24)36-26/h2-13,26H,14-19H2,1H3,(H,29,32). The average Bonchev–Trinajstić information content (AvgIpc) is 2.93. The van der Waals surface area contributed by atoms with Crippen molar-refractivity contribution in [1.29, 1.82) is 0 Å². The van der Waals surface area contributed by atoms with Gasteiger partial charge in [0.05, 0.1) is 7.11 Å². The molecule has 0 saturated carbocycles. The van der Waals surface area contributed by atoms with Crippen molar-refractivity contribution in [3.05, 3.63) is 83.9 Å². The molecular formula is C28H29N3O5. The molecule has 8 heteroatoms. The van der Waals surface area contributed by atoms with Crippen LogP contribution in [0, 0.1) is 0 Å². The van der Waals surface area contributed by atoms with Crippen LogP contribution in [-0.2, 0) is 11.3 Å². The lowest BCUT2D eigenvalue weighted by molar-refractivity contribution is -0.143. The Morgan fingerprint density at radius 2 is 1.61 bits per heavy atom. The highest BCUT2D eigenvalue weighted by Gasteiger charge is 2.32. The topological polar surface area (TPSA) is 80.3 Å². The number of nitrogens with one attached hydrogen (secondary N) is 1. The molecule has 2 aliphatic rings.